The Labute approximate surface area is 171 Å². The minimum absolute atomic E-state index is 0.00273. The van der Waals surface area contributed by atoms with Gasteiger partial charge in [-0.05, 0) is 63.6 Å². The summed E-state index contributed by atoms with van der Waals surface area (Å²) in [4.78, 5) is 16.6. The molecule has 0 bridgehead atoms. The van der Waals surface area contributed by atoms with Crippen LogP contribution < -0.4 is 10.1 Å². The van der Waals surface area contributed by atoms with Crippen molar-refractivity contribution in [3.05, 3.63) is 35.0 Å². The minimum Gasteiger partial charge on any atom is -0.404 e. The molecule has 0 spiro atoms. The largest absolute Gasteiger partial charge is 0.573 e. The summed E-state index contributed by atoms with van der Waals surface area (Å²) in [6.07, 6.45) is -0.397. The molecule has 0 saturated heterocycles. The maximum absolute atomic E-state index is 12.6. The summed E-state index contributed by atoms with van der Waals surface area (Å²) in [6, 6.07) is 4.01. The summed E-state index contributed by atoms with van der Waals surface area (Å²) in [6.45, 7) is 3.60. The van der Waals surface area contributed by atoms with Crippen molar-refractivity contribution in [3.8, 4) is 5.75 Å². The van der Waals surface area contributed by atoms with E-state index in [4.69, 9.17) is 11.6 Å². The number of hydrogen-bond acceptors (Lipinski definition) is 4. The van der Waals surface area contributed by atoms with Gasteiger partial charge >= 0.3 is 6.36 Å². The third kappa shape index (κ3) is 5.30. The van der Waals surface area contributed by atoms with Crippen molar-refractivity contribution in [2.45, 2.75) is 57.5 Å². The van der Waals surface area contributed by atoms with Crippen LogP contribution >= 0.6 is 11.6 Å². The summed E-state index contributed by atoms with van der Waals surface area (Å²) in [5.74, 6) is -0.647. The number of ether oxygens (including phenoxy) is 1. The lowest BCUT2D eigenvalue weighted by Gasteiger charge is -2.36. The Morgan fingerprint density at radius 3 is 2.48 bits per heavy atom. The quantitative estimate of drug-likeness (QED) is 0.727. The molecule has 1 heterocycles. The molecule has 1 amide bonds. The van der Waals surface area contributed by atoms with Crippen LogP contribution in [0, 0.1) is 5.92 Å². The van der Waals surface area contributed by atoms with Crippen molar-refractivity contribution in [3.63, 3.8) is 0 Å². The Kier molecular flexibility index (Phi) is 5.96. The predicted octanol–water partition coefficient (Wildman–Crippen LogP) is 4.85. The Balaban J connectivity index is 1.70. The van der Waals surface area contributed by atoms with Crippen LogP contribution in [0.1, 0.15) is 49.9 Å². The molecule has 5 nitrogen and oxygen atoms in total. The molecule has 1 saturated carbocycles. The highest BCUT2D eigenvalue weighted by Crippen LogP contribution is 2.35. The Bertz CT molecular complexity index is 904. The topological polar surface area (TPSA) is 71.5 Å². The number of aromatic nitrogens is 1. The molecule has 2 aromatic rings. The predicted molar refractivity (Wildman–Crippen MR) is 103 cm³/mol. The van der Waals surface area contributed by atoms with Crippen LogP contribution in [0.4, 0.5) is 13.2 Å². The molecule has 0 unspecified atom stereocenters. The molecule has 1 aromatic carbocycles. The van der Waals surface area contributed by atoms with E-state index in [-0.39, 0.29) is 28.4 Å². The molecule has 158 valence electrons. The number of aliphatic hydroxyl groups is 1. The summed E-state index contributed by atoms with van der Waals surface area (Å²) in [7, 11) is 0. The van der Waals surface area contributed by atoms with Crippen molar-refractivity contribution in [1.82, 2.24) is 10.3 Å². The first-order chi connectivity index (χ1) is 13.4. The Hall–Kier alpha value is -2.06. The zero-order valence-electron chi connectivity index (χ0n) is 16.0. The van der Waals surface area contributed by atoms with Gasteiger partial charge in [-0.1, -0.05) is 11.6 Å². The van der Waals surface area contributed by atoms with E-state index in [0.29, 0.717) is 10.9 Å². The number of nitrogens with zero attached hydrogens (tertiary/aromatic N) is 1. The van der Waals surface area contributed by atoms with Gasteiger partial charge in [0.1, 0.15) is 10.8 Å². The van der Waals surface area contributed by atoms with E-state index >= 15 is 0 Å². The van der Waals surface area contributed by atoms with Crippen molar-refractivity contribution in [1.29, 1.82) is 0 Å². The summed E-state index contributed by atoms with van der Waals surface area (Å²) in [5, 5.41) is 13.2. The molecule has 0 atom stereocenters. The fraction of sp³-hybridized carbons (Fsp3) is 0.500. The zero-order chi connectivity index (χ0) is 21.4. The van der Waals surface area contributed by atoms with Gasteiger partial charge in [-0.2, -0.15) is 0 Å². The molecule has 9 heteroatoms. The monoisotopic (exact) mass is 430 g/mol. The lowest BCUT2D eigenvalue weighted by Crippen LogP contribution is -2.41. The summed E-state index contributed by atoms with van der Waals surface area (Å²) >= 11 is 5.98. The van der Waals surface area contributed by atoms with Crippen LogP contribution in [-0.2, 0) is 0 Å². The number of benzene rings is 1. The molecule has 2 N–H and O–H groups in total. The second kappa shape index (κ2) is 7.99. The van der Waals surface area contributed by atoms with Gasteiger partial charge in [0.2, 0.25) is 0 Å². The van der Waals surface area contributed by atoms with Gasteiger partial charge in [0.05, 0.1) is 16.7 Å². The molecule has 0 aliphatic heterocycles. The normalized spacial score (nSPS) is 20.5. The number of rotatable bonds is 4. The first-order valence-electron chi connectivity index (χ1n) is 9.31. The zero-order valence-corrected chi connectivity index (χ0v) is 16.8. The highest BCUT2D eigenvalue weighted by molar-refractivity contribution is 6.36. The molecule has 1 aliphatic rings. The van der Waals surface area contributed by atoms with Gasteiger partial charge in [0.15, 0.2) is 0 Å². The third-order valence-electron chi connectivity index (χ3n) is 5.31. The number of fused-ring (bicyclic) bond motifs is 1. The van der Waals surface area contributed by atoms with Crippen molar-refractivity contribution in [2.75, 3.05) is 0 Å². The Morgan fingerprint density at radius 1 is 1.24 bits per heavy atom. The number of carbonyl (C=O) groups excluding carboxylic acids is 1. The molecular formula is C20H22ClF3N2O3. The number of alkyl halides is 3. The molecule has 1 aromatic heterocycles. The van der Waals surface area contributed by atoms with Crippen molar-refractivity contribution in [2.24, 2.45) is 5.92 Å². The minimum atomic E-state index is -4.86. The van der Waals surface area contributed by atoms with E-state index < -0.39 is 17.7 Å². The SMILES string of the molecule is CC(C)(O)C1CCC(NC(=O)c2cnc3c(Cl)c(OC(F)(F)F)ccc3c2)CC1. The van der Waals surface area contributed by atoms with Crippen LogP contribution in [0.5, 0.6) is 5.75 Å². The fourth-order valence-corrected chi connectivity index (χ4v) is 3.95. The van der Waals surface area contributed by atoms with Gasteiger partial charge in [0, 0.05) is 17.6 Å². The maximum Gasteiger partial charge on any atom is 0.573 e. The molecule has 0 radical (unpaired) electrons. The first-order valence-corrected chi connectivity index (χ1v) is 9.69. The number of nitrogens with one attached hydrogen (secondary N) is 1. The molecule has 29 heavy (non-hydrogen) atoms. The maximum atomic E-state index is 12.6. The smallest absolute Gasteiger partial charge is 0.404 e. The third-order valence-corrected chi connectivity index (χ3v) is 5.67. The fourth-order valence-electron chi connectivity index (χ4n) is 3.69. The van der Waals surface area contributed by atoms with E-state index in [1.807, 2.05) is 0 Å². The average molecular weight is 431 g/mol. The number of halogens is 4. The van der Waals surface area contributed by atoms with E-state index in [2.05, 4.69) is 15.0 Å². The lowest BCUT2D eigenvalue weighted by atomic mass is 9.77. The van der Waals surface area contributed by atoms with Crippen LogP contribution in [0.15, 0.2) is 24.4 Å². The second-order valence-electron chi connectivity index (χ2n) is 7.90. The van der Waals surface area contributed by atoms with Gasteiger partial charge in [0.25, 0.3) is 5.91 Å². The highest BCUT2D eigenvalue weighted by Gasteiger charge is 2.33. The van der Waals surface area contributed by atoms with Crippen LogP contribution in [-0.4, -0.2) is 34.0 Å². The van der Waals surface area contributed by atoms with Crippen LogP contribution in [0.25, 0.3) is 10.9 Å². The number of hydrogen-bond donors (Lipinski definition) is 2. The summed E-state index contributed by atoms with van der Waals surface area (Å²) in [5.41, 5.74) is -0.316. The van der Waals surface area contributed by atoms with E-state index in [1.54, 1.807) is 13.8 Å². The van der Waals surface area contributed by atoms with Gasteiger partial charge in [-0.15, -0.1) is 13.2 Å². The highest BCUT2D eigenvalue weighted by atomic mass is 35.5. The number of carbonyl (C=O) groups is 1. The second-order valence-corrected chi connectivity index (χ2v) is 8.27. The molecular weight excluding hydrogens is 409 g/mol. The average Bonchev–Trinajstić information content (AvgIpc) is 2.62. The van der Waals surface area contributed by atoms with Crippen molar-refractivity contribution < 1.29 is 27.8 Å². The van der Waals surface area contributed by atoms with Crippen LogP contribution in [0.2, 0.25) is 5.02 Å². The van der Waals surface area contributed by atoms with Crippen molar-refractivity contribution >= 4 is 28.4 Å². The lowest BCUT2D eigenvalue weighted by molar-refractivity contribution is -0.274. The van der Waals surface area contributed by atoms with Crippen LogP contribution in [0.3, 0.4) is 0 Å². The van der Waals surface area contributed by atoms with Gasteiger partial charge in [-0.3, -0.25) is 9.78 Å². The number of amides is 1. The van der Waals surface area contributed by atoms with E-state index in [1.165, 1.54) is 18.3 Å². The first kappa shape index (κ1) is 21.6. The standard InChI is InChI=1S/C20H22ClF3N2O3/c1-19(2,28)13-4-6-14(7-5-13)26-18(27)12-9-11-3-8-15(29-20(22,23)24)16(21)17(11)25-10-12/h3,8-10,13-14,28H,4-7H2,1-2H3,(H,26,27). The number of pyridine rings is 1. The Morgan fingerprint density at radius 2 is 1.90 bits per heavy atom. The molecule has 1 fully saturated rings. The van der Waals surface area contributed by atoms with E-state index in [0.717, 1.165) is 31.7 Å². The molecule has 3 rings (SSSR count). The molecule has 1 aliphatic carbocycles. The van der Waals surface area contributed by atoms with Gasteiger partial charge < -0.3 is 15.2 Å². The van der Waals surface area contributed by atoms with Gasteiger partial charge in [-0.25, -0.2) is 0 Å². The van der Waals surface area contributed by atoms with E-state index in [9.17, 15) is 23.1 Å². The summed E-state index contributed by atoms with van der Waals surface area (Å²) < 4.78 is 41.2.